The molecule has 1 aliphatic carbocycles. The van der Waals surface area contributed by atoms with Crippen molar-refractivity contribution >= 4 is 24.5 Å². The van der Waals surface area contributed by atoms with Gasteiger partial charge in [-0.25, -0.2) is 8.93 Å². The second kappa shape index (κ2) is 7.80. The molecule has 1 fully saturated rings. The van der Waals surface area contributed by atoms with E-state index >= 15 is 0 Å². The van der Waals surface area contributed by atoms with Gasteiger partial charge in [-0.2, -0.15) is 13.5 Å². The average Bonchev–Trinajstić information content (AvgIpc) is 2.25. The quantitative estimate of drug-likeness (QED) is 0.838. The average molecular weight is 280 g/mol. The molecule has 0 aromatic heterocycles. The lowest BCUT2D eigenvalue weighted by atomic mass is 9.83. The molecule has 0 bridgehead atoms. The van der Waals surface area contributed by atoms with Crippen molar-refractivity contribution < 1.29 is 4.21 Å². The molecule has 2 atom stereocenters. The van der Waals surface area contributed by atoms with Crippen LogP contribution in [0.15, 0.2) is 0 Å². The van der Waals surface area contributed by atoms with Gasteiger partial charge in [0.1, 0.15) is 0 Å². The van der Waals surface area contributed by atoms with E-state index in [2.05, 4.69) is 11.6 Å². The lowest BCUT2D eigenvalue weighted by Gasteiger charge is -2.32. The largest absolute Gasteiger partial charge is 0.242 e. The predicted octanol–water partition coefficient (Wildman–Crippen LogP) is 3.51. The van der Waals surface area contributed by atoms with Crippen molar-refractivity contribution in [3.05, 3.63) is 0 Å². The molecule has 0 heterocycles. The fourth-order valence-corrected chi connectivity index (χ4v) is 3.35. The van der Waals surface area contributed by atoms with Gasteiger partial charge < -0.3 is 0 Å². The summed E-state index contributed by atoms with van der Waals surface area (Å²) in [4.78, 5) is 0. The summed E-state index contributed by atoms with van der Waals surface area (Å²) in [5, 5.41) is 0. The second-order valence-electron chi connectivity index (χ2n) is 5.91. The van der Waals surface area contributed by atoms with Gasteiger partial charge in [-0.1, -0.05) is 26.2 Å². The molecular weight excluding hydrogens is 250 g/mol. The van der Waals surface area contributed by atoms with Crippen LogP contribution in [-0.2, 0) is 11.0 Å². The normalized spacial score (nSPS) is 21.6. The van der Waals surface area contributed by atoms with Crippen molar-refractivity contribution in [3.63, 3.8) is 0 Å². The topological polar surface area (TPSA) is 29.1 Å². The van der Waals surface area contributed by atoms with Gasteiger partial charge in [-0.3, -0.25) is 0 Å². The zero-order valence-electron chi connectivity index (χ0n) is 11.7. The number of hydrogen-bond donors (Lipinski definition) is 1. The van der Waals surface area contributed by atoms with Crippen LogP contribution in [0.5, 0.6) is 0 Å². The lowest BCUT2D eigenvalue weighted by molar-refractivity contribution is 0.287. The van der Waals surface area contributed by atoms with Crippen LogP contribution in [0.1, 0.15) is 66.2 Å². The zero-order valence-corrected chi connectivity index (χ0v) is 13.5. The van der Waals surface area contributed by atoms with Crippen LogP contribution in [0.25, 0.3) is 0 Å². The van der Waals surface area contributed by atoms with E-state index in [1.54, 1.807) is 0 Å². The summed E-state index contributed by atoms with van der Waals surface area (Å²) in [7, 11) is -0.919. The van der Waals surface area contributed by atoms with Gasteiger partial charge in [0, 0.05) is 6.04 Å². The molecule has 1 aliphatic rings. The maximum atomic E-state index is 12.1. The molecule has 0 radical (unpaired) electrons. The summed E-state index contributed by atoms with van der Waals surface area (Å²) < 4.78 is 15.3. The summed E-state index contributed by atoms with van der Waals surface area (Å²) in [5.74, 6) is 0.741. The Morgan fingerprint density at radius 3 is 2.18 bits per heavy atom. The maximum absolute atomic E-state index is 12.1. The Hall–Kier alpha value is 0.460. The summed E-state index contributed by atoms with van der Waals surface area (Å²) in [5.41, 5.74) is 0. The maximum Gasteiger partial charge on any atom is 0.0972 e. The van der Waals surface area contributed by atoms with Gasteiger partial charge in [0.15, 0.2) is 0 Å². The molecule has 4 heteroatoms. The molecule has 0 aromatic rings. The molecule has 1 saturated carbocycles. The minimum atomic E-state index is -0.919. The second-order valence-corrected chi connectivity index (χ2v) is 7.91. The van der Waals surface area contributed by atoms with Crippen LogP contribution < -0.4 is 4.72 Å². The highest BCUT2D eigenvalue weighted by atomic mass is 32.2. The van der Waals surface area contributed by atoms with E-state index in [0.29, 0.717) is 6.04 Å². The van der Waals surface area contributed by atoms with Crippen molar-refractivity contribution in [2.75, 3.05) is 0 Å². The standard InChI is InChI=1S/C13H27NOS.H2S/c1-5-12(11-9-7-6-8-10-11)14-16(15)13(2,3)4;/h11-12,14H,5-10H2,1-4H3;1H2/t12-,16?;/m1./s1. The van der Waals surface area contributed by atoms with Gasteiger partial charge in [0.05, 0.1) is 15.7 Å². The molecule has 1 rings (SSSR count). The Kier molecular flexibility index (Phi) is 8.01. The van der Waals surface area contributed by atoms with E-state index in [0.717, 1.165) is 12.3 Å². The first kappa shape index (κ1) is 17.5. The number of nitrogens with one attached hydrogen (secondary N) is 1. The molecule has 17 heavy (non-hydrogen) atoms. The van der Waals surface area contributed by atoms with Crippen LogP contribution >= 0.6 is 13.5 Å². The highest BCUT2D eigenvalue weighted by Gasteiger charge is 2.27. The first-order valence-corrected chi connectivity index (χ1v) is 7.78. The van der Waals surface area contributed by atoms with Gasteiger partial charge in [-0.05, 0) is 46.0 Å². The molecule has 1 N–H and O–H groups in total. The molecule has 104 valence electrons. The molecular formula is C13H29NOS2. The summed E-state index contributed by atoms with van der Waals surface area (Å²) in [6.07, 6.45) is 7.80. The molecule has 2 nitrogen and oxygen atoms in total. The molecule has 0 spiro atoms. The lowest BCUT2D eigenvalue weighted by Crippen LogP contribution is -2.43. The molecule has 0 aliphatic heterocycles. The van der Waals surface area contributed by atoms with Crippen LogP contribution in [0, 0.1) is 5.92 Å². The summed E-state index contributed by atoms with van der Waals surface area (Å²) in [6, 6.07) is 0.445. The third-order valence-corrected chi connectivity index (χ3v) is 5.10. The van der Waals surface area contributed by atoms with Crippen LogP contribution in [-0.4, -0.2) is 15.0 Å². The first-order chi connectivity index (χ1) is 7.45. The van der Waals surface area contributed by atoms with Crippen molar-refractivity contribution in [1.82, 2.24) is 4.72 Å². The van der Waals surface area contributed by atoms with E-state index in [-0.39, 0.29) is 18.2 Å². The smallest absolute Gasteiger partial charge is 0.0972 e. The van der Waals surface area contributed by atoms with E-state index in [1.165, 1.54) is 32.1 Å². The van der Waals surface area contributed by atoms with Gasteiger partial charge >= 0.3 is 0 Å². The van der Waals surface area contributed by atoms with Crippen LogP contribution in [0.4, 0.5) is 0 Å². The Balaban J connectivity index is 0.00000256. The van der Waals surface area contributed by atoms with Crippen molar-refractivity contribution in [2.24, 2.45) is 5.92 Å². The highest BCUT2D eigenvalue weighted by Crippen LogP contribution is 2.28. The van der Waals surface area contributed by atoms with E-state index in [4.69, 9.17) is 0 Å². The number of rotatable bonds is 4. The monoisotopic (exact) mass is 279 g/mol. The molecule has 0 aromatic carbocycles. The third kappa shape index (κ3) is 5.75. The summed E-state index contributed by atoms with van der Waals surface area (Å²) >= 11 is 0. The Labute approximate surface area is 116 Å². The van der Waals surface area contributed by atoms with Crippen LogP contribution in [0.3, 0.4) is 0 Å². The van der Waals surface area contributed by atoms with E-state index in [9.17, 15) is 4.21 Å². The van der Waals surface area contributed by atoms with Crippen LogP contribution in [0.2, 0.25) is 0 Å². The Bertz CT molecular complexity index is 232. The van der Waals surface area contributed by atoms with Crippen molar-refractivity contribution in [2.45, 2.75) is 77.0 Å². The van der Waals surface area contributed by atoms with E-state index in [1.807, 2.05) is 20.8 Å². The minimum Gasteiger partial charge on any atom is -0.242 e. The van der Waals surface area contributed by atoms with E-state index < -0.39 is 11.0 Å². The fourth-order valence-electron chi connectivity index (χ4n) is 2.36. The third-order valence-electron chi connectivity index (χ3n) is 3.47. The summed E-state index contributed by atoms with van der Waals surface area (Å²) in [6.45, 7) is 8.29. The van der Waals surface area contributed by atoms with Gasteiger partial charge in [0.25, 0.3) is 0 Å². The Morgan fingerprint density at radius 1 is 1.24 bits per heavy atom. The zero-order chi connectivity index (χ0) is 12.2. The highest BCUT2D eigenvalue weighted by molar-refractivity contribution is 7.84. The van der Waals surface area contributed by atoms with Gasteiger partial charge in [-0.15, -0.1) is 0 Å². The number of hydrogen-bond acceptors (Lipinski definition) is 1. The van der Waals surface area contributed by atoms with Gasteiger partial charge in [0.2, 0.25) is 0 Å². The fraction of sp³-hybridized carbons (Fsp3) is 1.00. The first-order valence-electron chi connectivity index (χ1n) is 6.63. The SMILES string of the molecule is CC[C@@H](NS(=O)C(C)(C)C)C1CCCCC1.S. The van der Waals surface area contributed by atoms with Crippen molar-refractivity contribution in [1.29, 1.82) is 0 Å². The molecule has 0 amide bonds. The Morgan fingerprint density at radius 2 is 1.76 bits per heavy atom. The minimum absolute atomic E-state index is 0. The van der Waals surface area contributed by atoms with Crippen molar-refractivity contribution in [3.8, 4) is 0 Å². The molecule has 1 unspecified atom stereocenters. The predicted molar refractivity (Wildman–Crippen MR) is 82.1 cm³/mol. The molecule has 0 saturated heterocycles.